The molecule has 0 atom stereocenters. The first-order chi connectivity index (χ1) is 21.0. The molecular weight excluding hydrogens is 568 g/mol. The van der Waals surface area contributed by atoms with Crippen molar-refractivity contribution in [2.24, 2.45) is 0 Å². The first-order valence-corrected chi connectivity index (χ1v) is 14.4. The van der Waals surface area contributed by atoms with Gasteiger partial charge in [-0.3, -0.25) is 4.79 Å². The molecule has 0 unspecified atom stereocenters. The molecule has 1 aliphatic carbocycles. The molecule has 1 N–H and O–H groups in total. The zero-order valence-electron chi connectivity index (χ0n) is 24.7. The Morgan fingerprint density at radius 3 is 1.95 bits per heavy atom. The van der Waals surface area contributed by atoms with Gasteiger partial charge in [-0.1, -0.05) is 6.07 Å². The summed E-state index contributed by atoms with van der Waals surface area (Å²) in [6, 6.07) is 21.3. The predicted octanol–water partition coefficient (Wildman–Crippen LogP) is 9.08. The zero-order chi connectivity index (χ0) is 31.3. The van der Waals surface area contributed by atoms with E-state index in [0.29, 0.717) is 28.6 Å². The summed E-state index contributed by atoms with van der Waals surface area (Å²) in [6.07, 6.45) is 4.60. The molecule has 9 heteroatoms. The lowest BCUT2D eigenvalue weighted by Crippen LogP contribution is -2.25. The molecule has 0 aliphatic heterocycles. The van der Waals surface area contributed by atoms with Crippen LogP contribution in [0.3, 0.4) is 0 Å². The van der Waals surface area contributed by atoms with Crippen LogP contribution >= 0.6 is 0 Å². The number of benzene rings is 4. The summed E-state index contributed by atoms with van der Waals surface area (Å²) in [5.41, 5.74) is -0.0351. The van der Waals surface area contributed by atoms with Crippen LogP contribution in [0.1, 0.15) is 67.2 Å². The number of carbonyl (C=O) groups is 2. The van der Waals surface area contributed by atoms with Crippen molar-refractivity contribution in [3.8, 4) is 28.7 Å². The van der Waals surface area contributed by atoms with Crippen LogP contribution in [0.15, 0.2) is 84.9 Å². The van der Waals surface area contributed by atoms with Gasteiger partial charge in [0, 0.05) is 17.7 Å². The summed E-state index contributed by atoms with van der Waals surface area (Å²) in [7, 11) is 0. The van der Waals surface area contributed by atoms with Crippen LogP contribution in [0, 0.1) is 11.6 Å². The fourth-order valence-electron chi connectivity index (χ4n) is 4.69. The minimum Gasteiger partial charge on any atom is -0.490 e. The second-order valence-corrected chi connectivity index (χ2v) is 11.5. The summed E-state index contributed by atoms with van der Waals surface area (Å²) in [4.78, 5) is 26.3. The standard InChI is InChI=1S/C35H33F2NO6/c1-35(2,3)44-34(40)29-20-27(42-25-9-6-10-26(19-25)43-28-15-17-30(36)31(37)21-28)16-18-32(29)38-33(39)22-11-13-24(14-12-22)41-23-7-4-5-8-23/h6,9-21,23H,4-5,7-8H2,1-3H3,(H,38,39). The Kier molecular flexibility index (Phi) is 9.13. The topological polar surface area (TPSA) is 83.1 Å². The average Bonchev–Trinajstić information content (AvgIpc) is 3.48. The number of esters is 1. The molecule has 228 valence electrons. The van der Waals surface area contributed by atoms with E-state index in [-0.39, 0.29) is 23.1 Å². The molecule has 7 nitrogen and oxygen atoms in total. The molecule has 1 amide bonds. The third-order valence-corrected chi connectivity index (χ3v) is 6.75. The van der Waals surface area contributed by atoms with Gasteiger partial charge in [-0.15, -0.1) is 0 Å². The van der Waals surface area contributed by atoms with Crippen molar-refractivity contribution in [2.75, 3.05) is 5.32 Å². The summed E-state index contributed by atoms with van der Waals surface area (Å²) in [6.45, 7) is 5.24. The molecule has 5 rings (SSSR count). The normalized spacial score (nSPS) is 13.3. The minimum atomic E-state index is -1.03. The first kappa shape index (κ1) is 30.5. The van der Waals surface area contributed by atoms with Gasteiger partial charge in [0.1, 0.15) is 34.3 Å². The van der Waals surface area contributed by atoms with Crippen LogP contribution in [-0.4, -0.2) is 23.6 Å². The Morgan fingerprint density at radius 1 is 0.727 bits per heavy atom. The number of halogens is 2. The first-order valence-electron chi connectivity index (χ1n) is 14.4. The van der Waals surface area contributed by atoms with E-state index in [1.807, 2.05) is 0 Å². The number of nitrogens with one attached hydrogen (secondary N) is 1. The fraction of sp³-hybridized carbons (Fsp3) is 0.257. The lowest BCUT2D eigenvalue weighted by Gasteiger charge is -2.21. The SMILES string of the molecule is CC(C)(C)OC(=O)c1cc(Oc2cccc(Oc3ccc(F)c(F)c3)c2)ccc1NC(=O)c1ccc(OC2CCCC2)cc1. The molecule has 0 radical (unpaired) electrons. The summed E-state index contributed by atoms with van der Waals surface area (Å²) < 4.78 is 50.1. The maximum absolute atomic E-state index is 13.6. The highest BCUT2D eigenvalue weighted by molar-refractivity contribution is 6.08. The maximum Gasteiger partial charge on any atom is 0.340 e. The Hall–Kier alpha value is -4.92. The van der Waals surface area contributed by atoms with Gasteiger partial charge in [-0.2, -0.15) is 0 Å². The van der Waals surface area contributed by atoms with Crippen molar-refractivity contribution in [1.82, 2.24) is 0 Å². The molecule has 0 saturated heterocycles. The minimum absolute atomic E-state index is 0.0983. The van der Waals surface area contributed by atoms with Crippen LogP contribution in [0.25, 0.3) is 0 Å². The Bertz CT molecular complexity index is 1640. The molecule has 44 heavy (non-hydrogen) atoms. The lowest BCUT2D eigenvalue weighted by atomic mass is 10.1. The average molecular weight is 602 g/mol. The van der Waals surface area contributed by atoms with Gasteiger partial charge in [0.2, 0.25) is 0 Å². The molecule has 0 aromatic heterocycles. The third-order valence-electron chi connectivity index (χ3n) is 6.75. The second-order valence-electron chi connectivity index (χ2n) is 11.5. The molecule has 4 aromatic carbocycles. The molecule has 0 bridgehead atoms. The summed E-state index contributed by atoms with van der Waals surface area (Å²) in [5.74, 6) is -1.25. The number of rotatable bonds is 9. The Balaban J connectivity index is 1.33. The highest BCUT2D eigenvalue weighted by Crippen LogP contribution is 2.32. The van der Waals surface area contributed by atoms with Crippen LogP contribution in [0.5, 0.6) is 28.7 Å². The van der Waals surface area contributed by atoms with Gasteiger partial charge in [-0.25, -0.2) is 13.6 Å². The van der Waals surface area contributed by atoms with Crippen LogP contribution in [-0.2, 0) is 4.74 Å². The van der Waals surface area contributed by atoms with Crippen LogP contribution in [0.4, 0.5) is 14.5 Å². The van der Waals surface area contributed by atoms with Crippen molar-refractivity contribution in [2.45, 2.75) is 58.2 Å². The number of hydrogen-bond donors (Lipinski definition) is 1. The molecule has 4 aromatic rings. The van der Waals surface area contributed by atoms with Crippen molar-refractivity contribution in [1.29, 1.82) is 0 Å². The largest absolute Gasteiger partial charge is 0.490 e. The van der Waals surface area contributed by atoms with Gasteiger partial charge in [0.15, 0.2) is 11.6 Å². The van der Waals surface area contributed by atoms with Gasteiger partial charge in [-0.05, 0) is 113 Å². The highest BCUT2D eigenvalue weighted by Gasteiger charge is 2.23. The predicted molar refractivity (Wildman–Crippen MR) is 162 cm³/mol. The zero-order valence-corrected chi connectivity index (χ0v) is 24.7. The van der Waals surface area contributed by atoms with E-state index in [1.165, 1.54) is 12.1 Å². The van der Waals surface area contributed by atoms with E-state index in [9.17, 15) is 18.4 Å². The quantitative estimate of drug-likeness (QED) is 0.193. The molecular formula is C35H33F2NO6. The third kappa shape index (κ3) is 8.12. The number of anilines is 1. The Morgan fingerprint density at radius 2 is 1.32 bits per heavy atom. The van der Waals surface area contributed by atoms with Gasteiger partial charge in [0.05, 0.1) is 17.4 Å². The van der Waals surface area contributed by atoms with E-state index in [4.69, 9.17) is 18.9 Å². The smallest absolute Gasteiger partial charge is 0.340 e. The number of ether oxygens (including phenoxy) is 4. The monoisotopic (exact) mass is 601 g/mol. The maximum atomic E-state index is 13.6. The van der Waals surface area contributed by atoms with Crippen molar-refractivity contribution >= 4 is 17.6 Å². The second kappa shape index (κ2) is 13.2. The summed E-state index contributed by atoms with van der Waals surface area (Å²) in [5, 5.41) is 2.81. The fourth-order valence-corrected chi connectivity index (χ4v) is 4.69. The lowest BCUT2D eigenvalue weighted by molar-refractivity contribution is 0.00704. The van der Waals surface area contributed by atoms with Crippen molar-refractivity contribution in [3.63, 3.8) is 0 Å². The van der Waals surface area contributed by atoms with Crippen molar-refractivity contribution < 1.29 is 37.3 Å². The van der Waals surface area contributed by atoms with E-state index >= 15 is 0 Å². The van der Waals surface area contributed by atoms with Crippen LogP contribution < -0.4 is 19.5 Å². The number of amides is 1. The molecule has 1 aliphatic rings. The molecule has 1 fully saturated rings. The molecule has 0 heterocycles. The van der Waals surface area contributed by atoms with E-state index in [1.54, 1.807) is 81.4 Å². The molecule has 0 spiro atoms. The van der Waals surface area contributed by atoms with Gasteiger partial charge in [0.25, 0.3) is 5.91 Å². The van der Waals surface area contributed by atoms with Gasteiger partial charge >= 0.3 is 5.97 Å². The number of hydrogen-bond acceptors (Lipinski definition) is 6. The van der Waals surface area contributed by atoms with E-state index < -0.39 is 29.1 Å². The summed E-state index contributed by atoms with van der Waals surface area (Å²) >= 11 is 0. The van der Waals surface area contributed by atoms with E-state index in [2.05, 4.69) is 5.32 Å². The molecule has 1 saturated carbocycles. The Labute approximate surface area is 254 Å². The van der Waals surface area contributed by atoms with Crippen molar-refractivity contribution in [3.05, 3.63) is 108 Å². The van der Waals surface area contributed by atoms with Gasteiger partial charge < -0.3 is 24.3 Å². The highest BCUT2D eigenvalue weighted by atomic mass is 19.2. The van der Waals surface area contributed by atoms with Crippen LogP contribution in [0.2, 0.25) is 0 Å². The number of carbonyl (C=O) groups excluding carboxylic acids is 2. The van der Waals surface area contributed by atoms with E-state index in [0.717, 1.165) is 37.8 Å².